The predicted octanol–water partition coefficient (Wildman–Crippen LogP) is 3.82. The maximum Gasteiger partial charge on any atom is -0.0230 e. The Bertz CT molecular complexity index is 121. The molecule has 0 amide bonds. The highest BCUT2D eigenvalue weighted by Crippen LogP contribution is 2.30. The van der Waals surface area contributed by atoms with Gasteiger partial charge >= 0.3 is 0 Å². The number of hydrogen-bond acceptors (Lipinski definition) is 0. The van der Waals surface area contributed by atoms with Crippen LogP contribution in [0, 0.1) is 5.92 Å². The highest BCUT2D eigenvalue weighted by Gasteiger charge is 2.09. The van der Waals surface area contributed by atoms with Crippen molar-refractivity contribution in [3.8, 4) is 0 Å². The third kappa shape index (κ3) is 3.91. The average molecular weight is 170 g/mol. The van der Waals surface area contributed by atoms with Crippen molar-refractivity contribution in [3.63, 3.8) is 0 Å². The summed E-state index contributed by atoms with van der Waals surface area (Å²) >= 11 is 0. The zero-order chi connectivity index (χ0) is 8.10. The Kier molecular flexibility index (Phi) is 4.15. The van der Waals surface area contributed by atoms with E-state index in [1.54, 1.807) is 0 Å². The molecule has 1 rings (SSSR count). The van der Waals surface area contributed by atoms with E-state index in [2.05, 4.69) is 25.2 Å². The molecule has 1 saturated carbocycles. The molecule has 0 radical (unpaired) electrons. The van der Waals surface area contributed by atoms with Crippen molar-refractivity contribution in [2.24, 2.45) is 5.92 Å². The van der Waals surface area contributed by atoms with Crippen LogP contribution in [0.1, 0.15) is 32.1 Å². The van der Waals surface area contributed by atoms with Crippen LogP contribution in [-0.2, 0) is 0 Å². The minimum Gasteiger partial charge on any atom is -0.0900 e. The second-order valence-corrected chi connectivity index (χ2v) is 5.93. The molecule has 1 fully saturated rings. The molecule has 11 heavy (non-hydrogen) atoms. The van der Waals surface area contributed by atoms with Crippen LogP contribution < -0.4 is 0 Å². The Morgan fingerprint density at radius 3 is 2.27 bits per heavy atom. The van der Waals surface area contributed by atoms with Crippen molar-refractivity contribution in [3.05, 3.63) is 11.9 Å². The van der Waals surface area contributed by atoms with Crippen LogP contribution in [0.4, 0.5) is 0 Å². The predicted molar refractivity (Wildman–Crippen MR) is 54.5 cm³/mol. The van der Waals surface area contributed by atoms with Gasteiger partial charge in [0.25, 0.3) is 0 Å². The first-order valence-electron chi connectivity index (χ1n) is 4.64. The highest BCUT2D eigenvalue weighted by molar-refractivity contribution is 7.59. The molecule has 0 heterocycles. The number of rotatable bonds is 2. The van der Waals surface area contributed by atoms with Crippen molar-refractivity contribution in [1.29, 1.82) is 0 Å². The van der Waals surface area contributed by atoms with Crippen LogP contribution in [-0.4, -0.2) is 13.3 Å². The van der Waals surface area contributed by atoms with Gasteiger partial charge in [0.2, 0.25) is 0 Å². The summed E-state index contributed by atoms with van der Waals surface area (Å²) in [6, 6.07) is 0. The van der Waals surface area contributed by atoms with E-state index in [1.165, 1.54) is 32.1 Å². The summed E-state index contributed by atoms with van der Waals surface area (Å²) in [4.78, 5) is 0. The van der Waals surface area contributed by atoms with Crippen LogP contribution >= 0.6 is 7.92 Å². The molecule has 64 valence electrons. The van der Waals surface area contributed by atoms with Gasteiger partial charge in [-0.1, -0.05) is 39.1 Å². The van der Waals surface area contributed by atoms with Crippen molar-refractivity contribution in [1.82, 2.24) is 0 Å². The molecule has 0 aromatic heterocycles. The SMILES string of the molecule is CP(C)/C=C/C1CCCCC1. The minimum atomic E-state index is 0.194. The zero-order valence-corrected chi connectivity index (χ0v) is 8.61. The molecule has 0 aliphatic heterocycles. The summed E-state index contributed by atoms with van der Waals surface area (Å²) < 4.78 is 0. The fraction of sp³-hybridized carbons (Fsp3) is 0.800. The fourth-order valence-corrected chi connectivity index (χ4v) is 2.21. The van der Waals surface area contributed by atoms with Gasteiger partial charge in [0, 0.05) is 0 Å². The second kappa shape index (κ2) is 4.93. The van der Waals surface area contributed by atoms with Crippen LogP contribution in [0.15, 0.2) is 11.9 Å². The van der Waals surface area contributed by atoms with Gasteiger partial charge in [-0.05, 0) is 32.1 Å². The van der Waals surface area contributed by atoms with Crippen LogP contribution in [0.3, 0.4) is 0 Å². The van der Waals surface area contributed by atoms with Gasteiger partial charge in [-0.2, -0.15) is 0 Å². The third-order valence-corrected chi connectivity index (χ3v) is 3.07. The van der Waals surface area contributed by atoms with Crippen molar-refractivity contribution in [2.45, 2.75) is 32.1 Å². The van der Waals surface area contributed by atoms with Crippen molar-refractivity contribution < 1.29 is 0 Å². The molecule has 1 heteroatoms. The lowest BCUT2D eigenvalue weighted by Gasteiger charge is -2.17. The molecule has 0 nitrogen and oxygen atoms in total. The highest BCUT2D eigenvalue weighted by atomic mass is 31.1. The summed E-state index contributed by atoms with van der Waals surface area (Å²) in [5.74, 6) is 3.35. The van der Waals surface area contributed by atoms with Gasteiger partial charge in [-0.15, -0.1) is 0 Å². The van der Waals surface area contributed by atoms with Gasteiger partial charge in [0.1, 0.15) is 0 Å². The van der Waals surface area contributed by atoms with Crippen LogP contribution in [0.25, 0.3) is 0 Å². The Morgan fingerprint density at radius 1 is 1.09 bits per heavy atom. The standard InChI is InChI=1S/C10H19P/c1-11(2)9-8-10-6-4-3-5-7-10/h8-10H,3-7H2,1-2H3/b9-8+. The monoisotopic (exact) mass is 170 g/mol. The normalized spacial score (nSPS) is 21.7. The lowest BCUT2D eigenvalue weighted by Crippen LogP contribution is -2.02. The minimum absolute atomic E-state index is 0.194. The Balaban J connectivity index is 2.23. The largest absolute Gasteiger partial charge is 0.0900 e. The van der Waals surface area contributed by atoms with Crippen LogP contribution in [0.2, 0.25) is 0 Å². The Hall–Kier alpha value is 0.170. The Labute approximate surface area is 71.8 Å². The Morgan fingerprint density at radius 2 is 1.73 bits per heavy atom. The first kappa shape index (κ1) is 9.26. The summed E-state index contributed by atoms with van der Waals surface area (Å²) in [7, 11) is 0.194. The van der Waals surface area contributed by atoms with Crippen molar-refractivity contribution >= 4 is 7.92 Å². The van der Waals surface area contributed by atoms with Gasteiger partial charge in [0.05, 0.1) is 0 Å². The van der Waals surface area contributed by atoms with E-state index < -0.39 is 0 Å². The number of hydrogen-bond donors (Lipinski definition) is 0. The quantitative estimate of drug-likeness (QED) is 0.552. The third-order valence-electron chi connectivity index (χ3n) is 2.31. The molecule has 0 bridgehead atoms. The van der Waals surface area contributed by atoms with Gasteiger partial charge in [0.15, 0.2) is 0 Å². The van der Waals surface area contributed by atoms with Gasteiger partial charge in [-0.25, -0.2) is 0 Å². The van der Waals surface area contributed by atoms with E-state index in [9.17, 15) is 0 Å². The summed E-state index contributed by atoms with van der Waals surface area (Å²) in [5, 5.41) is 0. The number of allylic oxidation sites excluding steroid dienone is 1. The van der Waals surface area contributed by atoms with Gasteiger partial charge in [-0.3, -0.25) is 0 Å². The maximum absolute atomic E-state index is 2.46. The zero-order valence-electron chi connectivity index (χ0n) is 7.71. The summed E-state index contributed by atoms with van der Waals surface area (Å²) in [6.07, 6.45) is 9.74. The molecule has 0 spiro atoms. The van der Waals surface area contributed by atoms with E-state index in [0.717, 1.165) is 5.92 Å². The molecule has 0 atom stereocenters. The average Bonchev–Trinajstić information content (AvgIpc) is 2.03. The van der Waals surface area contributed by atoms with E-state index in [-0.39, 0.29) is 7.92 Å². The van der Waals surface area contributed by atoms with E-state index in [1.807, 2.05) is 0 Å². The van der Waals surface area contributed by atoms with E-state index >= 15 is 0 Å². The first-order valence-corrected chi connectivity index (χ1v) is 6.94. The van der Waals surface area contributed by atoms with E-state index in [4.69, 9.17) is 0 Å². The molecular formula is C10H19P. The summed E-state index contributed by atoms with van der Waals surface area (Å²) in [6.45, 7) is 4.63. The van der Waals surface area contributed by atoms with E-state index in [0.29, 0.717) is 0 Å². The molecular weight excluding hydrogens is 151 g/mol. The summed E-state index contributed by atoms with van der Waals surface area (Å²) in [5.41, 5.74) is 0. The molecule has 0 N–H and O–H groups in total. The van der Waals surface area contributed by atoms with Gasteiger partial charge < -0.3 is 0 Å². The molecule has 1 aliphatic rings. The lowest BCUT2D eigenvalue weighted by atomic mass is 9.90. The lowest BCUT2D eigenvalue weighted by molar-refractivity contribution is 0.420. The maximum atomic E-state index is 2.46. The molecule has 0 aromatic rings. The van der Waals surface area contributed by atoms with Crippen LogP contribution in [0.5, 0.6) is 0 Å². The second-order valence-electron chi connectivity index (χ2n) is 3.70. The smallest absolute Gasteiger partial charge is 0.0230 e. The molecule has 0 saturated heterocycles. The van der Waals surface area contributed by atoms with Crippen molar-refractivity contribution in [2.75, 3.05) is 13.3 Å². The molecule has 0 unspecified atom stereocenters. The molecule has 0 aromatic carbocycles. The fourth-order valence-electron chi connectivity index (χ4n) is 1.62. The topological polar surface area (TPSA) is 0 Å². The molecule has 1 aliphatic carbocycles. The first-order chi connectivity index (χ1) is 5.29.